The first-order valence-corrected chi connectivity index (χ1v) is 6.28. The summed E-state index contributed by atoms with van der Waals surface area (Å²) in [6.45, 7) is 1.57. The standard InChI is InChI=1S/C14H17ClN2O2/c1-3-8-16-11-14(18)17(2)9-10-19-13-6-4-12(15)5-7-13/h1,4-7,16H,8-11H2,2H3. The number of nitrogens with zero attached hydrogens (tertiary/aromatic N) is 1. The number of nitrogens with one attached hydrogen (secondary N) is 1. The Bertz CT molecular complexity index is 440. The maximum Gasteiger partial charge on any atom is 0.236 e. The normalized spacial score (nSPS) is 9.74. The molecule has 0 aliphatic carbocycles. The van der Waals surface area contributed by atoms with E-state index in [9.17, 15) is 4.79 Å². The van der Waals surface area contributed by atoms with Crippen LogP contribution in [-0.2, 0) is 4.79 Å². The zero-order valence-electron chi connectivity index (χ0n) is 10.9. The van der Waals surface area contributed by atoms with Gasteiger partial charge in [-0.25, -0.2) is 0 Å². The van der Waals surface area contributed by atoms with Gasteiger partial charge in [0.1, 0.15) is 12.4 Å². The molecule has 0 saturated heterocycles. The molecule has 5 heteroatoms. The van der Waals surface area contributed by atoms with Gasteiger partial charge in [0.25, 0.3) is 0 Å². The van der Waals surface area contributed by atoms with Crippen molar-refractivity contribution < 1.29 is 9.53 Å². The fourth-order valence-electron chi connectivity index (χ4n) is 1.33. The number of amides is 1. The molecule has 0 unspecified atom stereocenters. The molecule has 1 rings (SSSR count). The van der Waals surface area contributed by atoms with Crippen LogP contribution in [0.25, 0.3) is 0 Å². The second-order valence-electron chi connectivity index (χ2n) is 3.93. The van der Waals surface area contributed by atoms with E-state index in [-0.39, 0.29) is 12.5 Å². The van der Waals surface area contributed by atoms with Crippen molar-refractivity contribution in [1.29, 1.82) is 0 Å². The molecule has 1 amide bonds. The van der Waals surface area contributed by atoms with Crippen molar-refractivity contribution in [3.63, 3.8) is 0 Å². The van der Waals surface area contributed by atoms with Crippen LogP contribution in [-0.4, -0.2) is 44.1 Å². The minimum Gasteiger partial charge on any atom is -0.492 e. The molecule has 0 heterocycles. The van der Waals surface area contributed by atoms with Crippen LogP contribution in [0.3, 0.4) is 0 Å². The lowest BCUT2D eigenvalue weighted by Crippen LogP contribution is -2.37. The zero-order valence-corrected chi connectivity index (χ0v) is 11.6. The van der Waals surface area contributed by atoms with E-state index in [1.165, 1.54) is 0 Å². The van der Waals surface area contributed by atoms with Gasteiger partial charge in [-0.2, -0.15) is 0 Å². The molecular formula is C14H17ClN2O2. The van der Waals surface area contributed by atoms with Crippen LogP contribution in [0.4, 0.5) is 0 Å². The quantitative estimate of drug-likeness (QED) is 0.606. The second-order valence-corrected chi connectivity index (χ2v) is 4.36. The molecular weight excluding hydrogens is 264 g/mol. The van der Waals surface area contributed by atoms with Crippen molar-refractivity contribution in [2.24, 2.45) is 0 Å². The van der Waals surface area contributed by atoms with Crippen LogP contribution in [0.15, 0.2) is 24.3 Å². The summed E-state index contributed by atoms with van der Waals surface area (Å²) in [5.74, 6) is 3.13. The van der Waals surface area contributed by atoms with Crippen molar-refractivity contribution in [3.05, 3.63) is 29.3 Å². The summed E-state index contributed by atoms with van der Waals surface area (Å²) in [4.78, 5) is 13.2. The molecule has 0 aliphatic heterocycles. The van der Waals surface area contributed by atoms with Gasteiger partial charge in [0.2, 0.25) is 5.91 Å². The monoisotopic (exact) mass is 280 g/mol. The summed E-state index contributed by atoms with van der Waals surface area (Å²) in [7, 11) is 1.73. The van der Waals surface area contributed by atoms with Crippen molar-refractivity contribution in [2.45, 2.75) is 0 Å². The Morgan fingerprint density at radius 1 is 1.47 bits per heavy atom. The highest BCUT2D eigenvalue weighted by Crippen LogP contribution is 2.15. The van der Waals surface area contributed by atoms with E-state index in [1.807, 2.05) is 0 Å². The van der Waals surface area contributed by atoms with Gasteiger partial charge in [-0.15, -0.1) is 6.42 Å². The maximum atomic E-state index is 11.6. The average molecular weight is 281 g/mol. The van der Waals surface area contributed by atoms with Gasteiger partial charge in [-0.1, -0.05) is 17.5 Å². The van der Waals surface area contributed by atoms with Crippen LogP contribution in [0.2, 0.25) is 5.02 Å². The number of ether oxygens (including phenoxy) is 1. The Hall–Kier alpha value is -1.70. The van der Waals surface area contributed by atoms with Crippen molar-refractivity contribution in [2.75, 3.05) is 33.3 Å². The van der Waals surface area contributed by atoms with Crippen LogP contribution in [0.1, 0.15) is 0 Å². The summed E-state index contributed by atoms with van der Waals surface area (Å²) >= 11 is 5.77. The largest absolute Gasteiger partial charge is 0.492 e. The third kappa shape index (κ3) is 6.14. The molecule has 0 radical (unpaired) electrons. The molecule has 0 bridgehead atoms. The fourth-order valence-corrected chi connectivity index (χ4v) is 1.46. The molecule has 4 nitrogen and oxygen atoms in total. The van der Waals surface area contributed by atoms with Gasteiger partial charge in [0.15, 0.2) is 0 Å². The van der Waals surface area contributed by atoms with Gasteiger partial charge >= 0.3 is 0 Å². The number of benzene rings is 1. The molecule has 0 atom stereocenters. The van der Waals surface area contributed by atoms with E-state index in [0.29, 0.717) is 24.7 Å². The Labute approximate surface area is 118 Å². The van der Waals surface area contributed by atoms with Gasteiger partial charge < -0.3 is 9.64 Å². The lowest BCUT2D eigenvalue weighted by atomic mass is 10.3. The minimum absolute atomic E-state index is 0.0186. The smallest absolute Gasteiger partial charge is 0.236 e. The van der Waals surface area contributed by atoms with E-state index < -0.39 is 0 Å². The number of carbonyl (C=O) groups excluding carboxylic acids is 1. The lowest BCUT2D eigenvalue weighted by Gasteiger charge is -2.17. The molecule has 0 fully saturated rings. The topological polar surface area (TPSA) is 41.6 Å². The molecule has 102 valence electrons. The lowest BCUT2D eigenvalue weighted by molar-refractivity contribution is -0.129. The molecule has 19 heavy (non-hydrogen) atoms. The van der Waals surface area contributed by atoms with Gasteiger partial charge in [0.05, 0.1) is 19.6 Å². The number of terminal acetylenes is 1. The number of halogens is 1. The van der Waals surface area contributed by atoms with Gasteiger partial charge in [0, 0.05) is 12.1 Å². The van der Waals surface area contributed by atoms with Crippen LogP contribution < -0.4 is 10.1 Å². The van der Waals surface area contributed by atoms with Crippen molar-refractivity contribution in [3.8, 4) is 18.1 Å². The van der Waals surface area contributed by atoms with E-state index in [4.69, 9.17) is 22.8 Å². The Morgan fingerprint density at radius 3 is 2.79 bits per heavy atom. The first kappa shape index (κ1) is 15.4. The van der Waals surface area contributed by atoms with Crippen LogP contribution in [0.5, 0.6) is 5.75 Å². The summed E-state index contributed by atoms with van der Waals surface area (Å²) < 4.78 is 5.50. The van der Waals surface area contributed by atoms with Crippen LogP contribution in [0, 0.1) is 12.3 Å². The van der Waals surface area contributed by atoms with E-state index in [2.05, 4.69) is 11.2 Å². The SMILES string of the molecule is C#CCNCC(=O)N(C)CCOc1ccc(Cl)cc1. The van der Waals surface area contributed by atoms with E-state index in [0.717, 1.165) is 5.75 Å². The number of likely N-dealkylation sites (N-methyl/N-ethyl adjacent to an activating group) is 1. The first-order chi connectivity index (χ1) is 9.13. The van der Waals surface area contributed by atoms with E-state index in [1.54, 1.807) is 36.2 Å². The Morgan fingerprint density at radius 2 is 2.16 bits per heavy atom. The van der Waals surface area contributed by atoms with Gasteiger partial charge in [-0.3, -0.25) is 10.1 Å². The Balaban J connectivity index is 2.23. The molecule has 0 aromatic heterocycles. The molecule has 1 aromatic rings. The maximum absolute atomic E-state index is 11.6. The summed E-state index contributed by atoms with van der Waals surface area (Å²) in [5.41, 5.74) is 0. The summed E-state index contributed by atoms with van der Waals surface area (Å²) in [6.07, 6.45) is 5.08. The molecule has 1 aromatic carbocycles. The highest BCUT2D eigenvalue weighted by atomic mass is 35.5. The average Bonchev–Trinajstić information content (AvgIpc) is 2.41. The molecule has 0 spiro atoms. The van der Waals surface area contributed by atoms with Gasteiger partial charge in [-0.05, 0) is 24.3 Å². The first-order valence-electron chi connectivity index (χ1n) is 5.90. The summed E-state index contributed by atoms with van der Waals surface area (Å²) in [6, 6.07) is 7.10. The number of carbonyl (C=O) groups is 1. The molecule has 1 N–H and O–H groups in total. The number of rotatable bonds is 7. The molecule has 0 saturated carbocycles. The number of hydrogen-bond donors (Lipinski definition) is 1. The second kappa shape index (κ2) is 8.41. The predicted octanol–water partition coefficient (Wildman–Crippen LogP) is 1.40. The third-order valence-corrected chi connectivity index (χ3v) is 2.69. The summed E-state index contributed by atoms with van der Waals surface area (Å²) in [5, 5.41) is 3.51. The number of hydrogen-bond acceptors (Lipinski definition) is 3. The predicted molar refractivity (Wildman–Crippen MR) is 76.3 cm³/mol. The van der Waals surface area contributed by atoms with Crippen LogP contribution >= 0.6 is 11.6 Å². The van der Waals surface area contributed by atoms with Crippen molar-refractivity contribution >= 4 is 17.5 Å². The third-order valence-electron chi connectivity index (χ3n) is 2.44. The zero-order chi connectivity index (χ0) is 14.1. The highest BCUT2D eigenvalue weighted by molar-refractivity contribution is 6.30. The Kier molecular flexibility index (Phi) is 6.80. The van der Waals surface area contributed by atoms with Crippen molar-refractivity contribution in [1.82, 2.24) is 10.2 Å². The minimum atomic E-state index is -0.0186. The molecule has 0 aliphatic rings. The van der Waals surface area contributed by atoms with E-state index >= 15 is 0 Å². The highest BCUT2D eigenvalue weighted by Gasteiger charge is 2.07. The fraction of sp³-hybridized carbons (Fsp3) is 0.357.